The van der Waals surface area contributed by atoms with Gasteiger partial charge >= 0.3 is 0 Å². The first-order valence-electron chi connectivity index (χ1n) is 9.80. The molecule has 0 radical (unpaired) electrons. The lowest BCUT2D eigenvalue weighted by Crippen LogP contribution is -2.46. The lowest BCUT2D eigenvalue weighted by atomic mass is 10.1. The molecule has 0 bridgehead atoms. The molecular formula is C20H23N5O3S2. The van der Waals surface area contributed by atoms with E-state index in [0.717, 1.165) is 16.3 Å². The van der Waals surface area contributed by atoms with E-state index >= 15 is 0 Å². The molecular weight excluding hydrogens is 422 g/mol. The molecule has 0 aliphatic carbocycles. The summed E-state index contributed by atoms with van der Waals surface area (Å²) in [7, 11) is -3.23. The van der Waals surface area contributed by atoms with Crippen molar-refractivity contribution < 1.29 is 13.2 Å². The second kappa shape index (κ2) is 8.66. The third-order valence-corrected chi connectivity index (χ3v) is 7.43. The summed E-state index contributed by atoms with van der Waals surface area (Å²) in [5, 5.41) is 6.89. The summed E-state index contributed by atoms with van der Waals surface area (Å²) >= 11 is 1.41. The van der Waals surface area contributed by atoms with Crippen molar-refractivity contribution >= 4 is 27.3 Å². The van der Waals surface area contributed by atoms with Crippen molar-refractivity contribution in [1.82, 2.24) is 24.4 Å². The fourth-order valence-electron chi connectivity index (χ4n) is 3.36. The maximum Gasteiger partial charge on any atom is 0.273 e. The summed E-state index contributed by atoms with van der Waals surface area (Å²) < 4.78 is 27.9. The van der Waals surface area contributed by atoms with Crippen molar-refractivity contribution in [3.63, 3.8) is 0 Å². The molecule has 0 spiro atoms. The summed E-state index contributed by atoms with van der Waals surface area (Å²) in [6, 6.07) is 9.68. The van der Waals surface area contributed by atoms with Gasteiger partial charge in [0.25, 0.3) is 5.91 Å². The quantitative estimate of drug-likeness (QED) is 0.629. The van der Waals surface area contributed by atoms with Crippen molar-refractivity contribution in [3.05, 3.63) is 53.8 Å². The van der Waals surface area contributed by atoms with E-state index < -0.39 is 10.0 Å². The van der Waals surface area contributed by atoms with Gasteiger partial charge in [0, 0.05) is 36.3 Å². The Morgan fingerprint density at radius 3 is 2.67 bits per heavy atom. The first kappa shape index (κ1) is 20.7. The summed E-state index contributed by atoms with van der Waals surface area (Å²) in [6.07, 6.45) is 4.84. The van der Waals surface area contributed by atoms with E-state index in [1.54, 1.807) is 28.1 Å². The van der Waals surface area contributed by atoms with Gasteiger partial charge in [-0.1, -0.05) is 18.2 Å². The van der Waals surface area contributed by atoms with Crippen molar-refractivity contribution in [3.8, 4) is 16.3 Å². The van der Waals surface area contributed by atoms with E-state index in [9.17, 15) is 13.2 Å². The number of nitrogens with zero attached hydrogens (tertiary/aromatic N) is 4. The van der Waals surface area contributed by atoms with Gasteiger partial charge < -0.3 is 4.90 Å². The second-order valence-electron chi connectivity index (χ2n) is 7.13. The number of benzene rings is 1. The molecule has 2 aromatic heterocycles. The molecule has 1 aliphatic rings. The van der Waals surface area contributed by atoms with Crippen LogP contribution in [0.25, 0.3) is 16.3 Å². The Labute approximate surface area is 179 Å². The smallest absolute Gasteiger partial charge is 0.273 e. The molecule has 0 atom stereocenters. The summed E-state index contributed by atoms with van der Waals surface area (Å²) in [4.78, 5) is 19.1. The third-order valence-electron chi connectivity index (χ3n) is 5.08. The van der Waals surface area contributed by atoms with Crippen molar-refractivity contribution in [2.45, 2.75) is 25.8 Å². The van der Waals surface area contributed by atoms with E-state index in [0.29, 0.717) is 31.6 Å². The van der Waals surface area contributed by atoms with Crippen LogP contribution in [-0.2, 0) is 10.0 Å². The van der Waals surface area contributed by atoms with Crippen LogP contribution in [0.15, 0.2) is 48.1 Å². The number of thiazole rings is 1. The van der Waals surface area contributed by atoms with Crippen LogP contribution >= 0.6 is 11.3 Å². The average molecular weight is 446 g/mol. The summed E-state index contributed by atoms with van der Waals surface area (Å²) in [5.74, 6) is -0.0565. The Morgan fingerprint density at radius 2 is 1.97 bits per heavy atom. The Hall–Kier alpha value is -2.56. The monoisotopic (exact) mass is 445 g/mol. The van der Waals surface area contributed by atoms with Gasteiger partial charge in [0.1, 0.15) is 10.7 Å². The lowest BCUT2D eigenvalue weighted by molar-refractivity contribution is 0.0706. The molecule has 0 saturated carbocycles. The van der Waals surface area contributed by atoms with Gasteiger partial charge in [-0.2, -0.15) is 5.10 Å². The van der Waals surface area contributed by atoms with Gasteiger partial charge in [0.15, 0.2) is 0 Å². The van der Waals surface area contributed by atoms with E-state index in [1.165, 1.54) is 11.3 Å². The molecule has 10 heteroatoms. The number of sulfonamides is 1. The first-order chi connectivity index (χ1) is 14.4. The zero-order chi connectivity index (χ0) is 21.1. The molecule has 30 heavy (non-hydrogen) atoms. The van der Waals surface area contributed by atoms with Crippen molar-refractivity contribution in [2.75, 3.05) is 18.8 Å². The lowest BCUT2D eigenvalue weighted by Gasteiger charge is -2.31. The molecule has 158 valence electrons. The summed E-state index contributed by atoms with van der Waals surface area (Å²) in [5.41, 5.74) is 2.23. The molecule has 1 N–H and O–H groups in total. The number of aromatic nitrogens is 3. The maximum atomic E-state index is 12.8. The van der Waals surface area contributed by atoms with Crippen LogP contribution in [0.4, 0.5) is 0 Å². The Balaban J connectivity index is 1.40. The van der Waals surface area contributed by atoms with Crippen LogP contribution < -0.4 is 4.72 Å². The predicted molar refractivity (Wildman–Crippen MR) is 116 cm³/mol. The van der Waals surface area contributed by atoms with Crippen LogP contribution in [0.5, 0.6) is 0 Å². The fourth-order valence-corrected chi connectivity index (χ4v) is 5.04. The van der Waals surface area contributed by atoms with Gasteiger partial charge in [-0.25, -0.2) is 22.8 Å². The van der Waals surface area contributed by atoms with Crippen LogP contribution in [0.1, 0.15) is 30.3 Å². The standard InChI is InChI=1S/C20H23N5O3S2/c1-2-30(27,28)23-16-8-10-24(11-9-16)20(26)18-14-29-19(22-18)15-12-21-25(13-15)17-6-4-3-5-7-17/h3-7,12-14,16,23H,2,8-11H2,1H3. The second-order valence-corrected chi connectivity index (χ2v) is 10.0. The van der Waals surface area contributed by atoms with E-state index in [4.69, 9.17) is 0 Å². The zero-order valence-corrected chi connectivity index (χ0v) is 18.2. The van der Waals surface area contributed by atoms with Gasteiger partial charge in [-0.05, 0) is 31.9 Å². The normalized spacial score (nSPS) is 15.4. The highest BCUT2D eigenvalue weighted by Crippen LogP contribution is 2.25. The first-order valence-corrected chi connectivity index (χ1v) is 12.3. The van der Waals surface area contributed by atoms with Gasteiger partial charge in [-0.3, -0.25) is 4.79 Å². The molecule has 8 nitrogen and oxygen atoms in total. The maximum absolute atomic E-state index is 12.8. The Bertz CT molecular complexity index is 1120. The van der Waals surface area contributed by atoms with Gasteiger partial charge in [-0.15, -0.1) is 11.3 Å². The number of rotatable bonds is 6. The third kappa shape index (κ3) is 4.61. The van der Waals surface area contributed by atoms with Crippen LogP contribution in [-0.4, -0.2) is 58.9 Å². The van der Waals surface area contributed by atoms with Crippen molar-refractivity contribution in [1.29, 1.82) is 0 Å². The molecule has 4 rings (SSSR count). The fraction of sp³-hybridized carbons (Fsp3) is 0.350. The molecule has 0 unspecified atom stereocenters. The van der Waals surface area contributed by atoms with Crippen LogP contribution in [0.3, 0.4) is 0 Å². The number of amides is 1. The largest absolute Gasteiger partial charge is 0.337 e. The van der Waals surface area contributed by atoms with Gasteiger partial charge in [0.2, 0.25) is 10.0 Å². The SMILES string of the molecule is CCS(=O)(=O)NC1CCN(C(=O)c2csc(-c3cnn(-c4ccccc4)c3)n2)CC1. The average Bonchev–Trinajstić information content (AvgIpc) is 3.44. The number of carbonyl (C=O) groups is 1. The highest BCUT2D eigenvalue weighted by Gasteiger charge is 2.27. The number of likely N-dealkylation sites (tertiary alicyclic amines) is 1. The molecule has 1 aromatic carbocycles. The Kier molecular flexibility index (Phi) is 5.98. The topological polar surface area (TPSA) is 97.2 Å². The molecule has 1 amide bonds. The Morgan fingerprint density at radius 1 is 1.23 bits per heavy atom. The predicted octanol–water partition coefficient (Wildman–Crippen LogP) is 2.54. The minimum absolute atomic E-state index is 0.0641. The number of nitrogens with one attached hydrogen (secondary N) is 1. The number of piperidine rings is 1. The van der Waals surface area contributed by atoms with E-state index in [2.05, 4.69) is 14.8 Å². The van der Waals surface area contributed by atoms with E-state index in [1.807, 2.05) is 36.5 Å². The number of hydrogen-bond donors (Lipinski definition) is 1. The van der Waals surface area contributed by atoms with Crippen molar-refractivity contribution in [2.24, 2.45) is 0 Å². The zero-order valence-electron chi connectivity index (χ0n) is 16.6. The number of carbonyl (C=O) groups excluding carboxylic acids is 1. The molecule has 1 saturated heterocycles. The number of para-hydroxylation sites is 1. The molecule has 3 heterocycles. The number of hydrogen-bond acceptors (Lipinski definition) is 6. The van der Waals surface area contributed by atoms with Crippen LogP contribution in [0, 0.1) is 0 Å². The molecule has 3 aromatic rings. The highest BCUT2D eigenvalue weighted by molar-refractivity contribution is 7.89. The summed E-state index contributed by atoms with van der Waals surface area (Å²) in [6.45, 7) is 2.63. The molecule has 1 aliphatic heterocycles. The van der Waals surface area contributed by atoms with Gasteiger partial charge in [0.05, 0.1) is 17.6 Å². The highest BCUT2D eigenvalue weighted by atomic mass is 32.2. The minimum Gasteiger partial charge on any atom is -0.337 e. The molecule has 1 fully saturated rings. The van der Waals surface area contributed by atoms with Crippen LogP contribution in [0.2, 0.25) is 0 Å². The van der Waals surface area contributed by atoms with E-state index in [-0.39, 0.29) is 17.7 Å². The minimum atomic E-state index is -3.23.